The first-order valence-corrected chi connectivity index (χ1v) is 10.5. The van der Waals surface area contributed by atoms with E-state index in [2.05, 4.69) is 44.1 Å². The number of fused-ring (bicyclic) bond motifs is 2. The van der Waals surface area contributed by atoms with Gasteiger partial charge in [-0.05, 0) is 48.3 Å². The molecule has 6 nitrogen and oxygen atoms in total. The summed E-state index contributed by atoms with van der Waals surface area (Å²) in [6.45, 7) is 2.02. The minimum absolute atomic E-state index is 0.310. The third kappa shape index (κ3) is 3.97. The van der Waals surface area contributed by atoms with E-state index in [1.54, 1.807) is 0 Å². The first-order valence-electron chi connectivity index (χ1n) is 10.5. The summed E-state index contributed by atoms with van der Waals surface area (Å²) in [5.74, 6) is 0.987. The van der Waals surface area contributed by atoms with Crippen LogP contribution >= 0.6 is 0 Å². The van der Waals surface area contributed by atoms with Crippen molar-refractivity contribution in [2.24, 2.45) is 10.7 Å². The molecule has 0 radical (unpaired) electrons. The molecule has 0 amide bonds. The molecular formula is C24H26N6. The number of rotatable bonds is 6. The Balaban J connectivity index is 1.43. The summed E-state index contributed by atoms with van der Waals surface area (Å²) in [5.41, 5.74) is 11.2. The van der Waals surface area contributed by atoms with Crippen LogP contribution in [0.25, 0.3) is 11.0 Å². The number of H-pyrrole nitrogens is 1. The van der Waals surface area contributed by atoms with Crippen LogP contribution in [-0.2, 0) is 19.6 Å². The van der Waals surface area contributed by atoms with Gasteiger partial charge in [-0.1, -0.05) is 30.4 Å². The summed E-state index contributed by atoms with van der Waals surface area (Å²) in [5, 5.41) is 0. The minimum atomic E-state index is 0.310. The number of nitrogens with one attached hydrogen (secondary N) is 1. The van der Waals surface area contributed by atoms with E-state index in [0.29, 0.717) is 18.6 Å². The van der Waals surface area contributed by atoms with Crippen molar-refractivity contribution in [2.75, 3.05) is 0 Å². The van der Waals surface area contributed by atoms with Crippen molar-refractivity contribution in [2.45, 2.75) is 44.6 Å². The van der Waals surface area contributed by atoms with Crippen molar-refractivity contribution < 1.29 is 0 Å². The van der Waals surface area contributed by atoms with Gasteiger partial charge in [0.05, 0.1) is 29.3 Å². The molecular weight excluding hydrogens is 372 g/mol. The Morgan fingerprint density at radius 1 is 1.10 bits per heavy atom. The van der Waals surface area contributed by atoms with Gasteiger partial charge in [0.25, 0.3) is 0 Å². The van der Waals surface area contributed by atoms with E-state index in [-0.39, 0.29) is 0 Å². The third-order valence-corrected chi connectivity index (χ3v) is 5.89. The summed E-state index contributed by atoms with van der Waals surface area (Å²) < 4.78 is 0. The van der Waals surface area contributed by atoms with Gasteiger partial charge in [0.1, 0.15) is 5.82 Å². The lowest BCUT2D eigenvalue weighted by Crippen LogP contribution is -2.37. The number of aromatic nitrogens is 3. The zero-order chi connectivity index (χ0) is 20.3. The van der Waals surface area contributed by atoms with Gasteiger partial charge in [-0.15, -0.1) is 0 Å². The van der Waals surface area contributed by atoms with E-state index in [1.165, 1.54) is 11.1 Å². The quantitative estimate of drug-likeness (QED) is 0.666. The molecule has 0 fully saturated rings. The van der Waals surface area contributed by atoms with Gasteiger partial charge in [-0.3, -0.25) is 14.9 Å². The van der Waals surface area contributed by atoms with Crippen LogP contribution in [0.3, 0.4) is 0 Å². The van der Waals surface area contributed by atoms with Crippen LogP contribution in [0.4, 0.5) is 0 Å². The van der Waals surface area contributed by atoms with Crippen LogP contribution in [0.2, 0.25) is 0 Å². The summed E-state index contributed by atoms with van der Waals surface area (Å²) >= 11 is 0. The van der Waals surface area contributed by atoms with Crippen LogP contribution in [0.1, 0.15) is 29.9 Å². The van der Waals surface area contributed by atoms with Crippen molar-refractivity contribution in [1.82, 2.24) is 19.9 Å². The SMILES string of the molecule is NCc1ccc(CN(Cc2nc3ccccc3[nH]2)C2C=C3C=CC=NC3CC2)cn1. The molecule has 3 N–H and O–H groups in total. The molecule has 5 rings (SSSR count). The summed E-state index contributed by atoms with van der Waals surface area (Å²) in [7, 11) is 0. The molecule has 0 saturated heterocycles. The number of allylic oxidation sites excluding steroid dienone is 1. The minimum Gasteiger partial charge on any atom is -0.341 e. The first-order chi connectivity index (χ1) is 14.8. The van der Waals surface area contributed by atoms with Crippen molar-refractivity contribution in [3.05, 3.63) is 83.5 Å². The summed E-state index contributed by atoms with van der Waals surface area (Å²) in [4.78, 5) is 19.9. The highest BCUT2D eigenvalue weighted by molar-refractivity contribution is 5.75. The topological polar surface area (TPSA) is 83.2 Å². The molecule has 2 atom stereocenters. The van der Waals surface area contributed by atoms with Gasteiger partial charge in [-0.2, -0.15) is 0 Å². The number of aromatic amines is 1. The van der Waals surface area contributed by atoms with Crippen molar-refractivity contribution in [3.8, 4) is 0 Å². The average molecular weight is 399 g/mol. The number of aliphatic imine (C=N–C) groups is 1. The first kappa shape index (κ1) is 18.9. The molecule has 0 bridgehead atoms. The number of hydrogen-bond acceptors (Lipinski definition) is 5. The summed E-state index contributed by atoms with van der Waals surface area (Å²) in [6, 6.07) is 13.0. The lowest BCUT2D eigenvalue weighted by molar-refractivity contribution is 0.188. The molecule has 1 aliphatic carbocycles. The Hall–Kier alpha value is -3.09. The predicted octanol–water partition coefficient (Wildman–Crippen LogP) is 3.52. The lowest BCUT2D eigenvalue weighted by Gasteiger charge is -2.34. The normalized spacial score (nSPS) is 20.5. The van der Waals surface area contributed by atoms with Crippen molar-refractivity contribution >= 4 is 17.2 Å². The fourth-order valence-corrected chi connectivity index (χ4v) is 4.30. The molecule has 152 valence electrons. The lowest BCUT2D eigenvalue weighted by atomic mass is 9.89. The highest BCUT2D eigenvalue weighted by Gasteiger charge is 2.26. The van der Waals surface area contributed by atoms with Crippen LogP contribution in [0.15, 0.2) is 71.4 Å². The van der Waals surface area contributed by atoms with Gasteiger partial charge in [0.2, 0.25) is 0 Å². The molecule has 30 heavy (non-hydrogen) atoms. The highest BCUT2D eigenvalue weighted by Crippen LogP contribution is 2.29. The Morgan fingerprint density at radius 3 is 2.87 bits per heavy atom. The van der Waals surface area contributed by atoms with Crippen molar-refractivity contribution in [3.63, 3.8) is 0 Å². The standard InChI is InChI=1S/C24H26N6/c25-13-19-8-7-17(14-27-19)15-30(16-24-28-22-5-1-2-6-23(22)29-24)20-9-10-21-18(12-20)4-3-11-26-21/h1-8,11-12,14,20-21H,9-10,13,15-16,25H2,(H,28,29). The molecule has 3 heterocycles. The van der Waals surface area contributed by atoms with E-state index in [9.17, 15) is 0 Å². The molecule has 2 unspecified atom stereocenters. The number of hydrogen-bond donors (Lipinski definition) is 2. The average Bonchev–Trinajstić information content (AvgIpc) is 3.21. The molecule has 0 spiro atoms. The predicted molar refractivity (Wildman–Crippen MR) is 120 cm³/mol. The summed E-state index contributed by atoms with van der Waals surface area (Å²) in [6.07, 6.45) is 12.6. The van der Waals surface area contributed by atoms with E-state index in [4.69, 9.17) is 10.7 Å². The Bertz CT molecular complexity index is 1080. The Morgan fingerprint density at radius 2 is 2.03 bits per heavy atom. The number of para-hydroxylation sites is 2. The second kappa shape index (κ2) is 8.34. The molecule has 0 saturated carbocycles. The zero-order valence-corrected chi connectivity index (χ0v) is 16.9. The van der Waals surface area contributed by atoms with Crippen LogP contribution in [-0.4, -0.2) is 38.2 Å². The van der Waals surface area contributed by atoms with Crippen LogP contribution < -0.4 is 5.73 Å². The van der Waals surface area contributed by atoms with Gasteiger partial charge in [0.15, 0.2) is 0 Å². The maximum absolute atomic E-state index is 5.71. The van der Waals surface area contributed by atoms with Gasteiger partial charge in [0, 0.05) is 31.5 Å². The number of imidazole rings is 1. The zero-order valence-electron chi connectivity index (χ0n) is 16.9. The van der Waals surface area contributed by atoms with E-state index in [1.807, 2.05) is 42.8 Å². The number of pyridine rings is 1. The highest BCUT2D eigenvalue weighted by atomic mass is 15.2. The second-order valence-corrected chi connectivity index (χ2v) is 7.95. The molecule has 1 aromatic carbocycles. The molecule has 1 aliphatic heterocycles. The van der Waals surface area contributed by atoms with Gasteiger partial charge < -0.3 is 10.7 Å². The second-order valence-electron chi connectivity index (χ2n) is 7.95. The maximum Gasteiger partial charge on any atom is 0.121 e. The largest absolute Gasteiger partial charge is 0.341 e. The van der Waals surface area contributed by atoms with Crippen LogP contribution in [0.5, 0.6) is 0 Å². The van der Waals surface area contributed by atoms with E-state index < -0.39 is 0 Å². The van der Waals surface area contributed by atoms with E-state index in [0.717, 1.165) is 48.5 Å². The van der Waals surface area contributed by atoms with E-state index >= 15 is 0 Å². The number of nitrogens with two attached hydrogens (primary N) is 1. The van der Waals surface area contributed by atoms with Gasteiger partial charge >= 0.3 is 0 Å². The fourth-order valence-electron chi connectivity index (χ4n) is 4.30. The smallest absolute Gasteiger partial charge is 0.121 e. The third-order valence-electron chi connectivity index (χ3n) is 5.89. The number of benzene rings is 1. The maximum atomic E-state index is 5.71. The number of nitrogens with zero attached hydrogens (tertiary/aromatic N) is 4. The molecule has 2 aliphatic rings. The Labute approximate surface area is 176 Å². The Kier molecular flexibility index (Phi) is 5.26. The molecule has 3 aromatic rings. The van der Waals surface area contributed by atoms with Crippen molar-refractivity contribution in [1.29, 1.82) is 0 Å². The van der Waals surface area contributed by atoms with Crippen LogP contribution in [0, 0.1) is 0 Å². The molecule has 2 aromatic heterocycles. The molecule has 6 heteroatoms. The fraction of sp³-hybridized carbons (Fsp3) is 0.292. The number of dihydropyridines is 1. The monoisotopic (exact) mass is 398 g/mol. The van der Waals surface area contributed by atoms with Gasteiger partial charge in [-0.25, -0.2) is 4.98 Å².